The highest BCUT2D eigenvalue weighted by molar-refractivity contribution is 7.89. The average Bonchev–Trinajstić information content (AvgIpc) is 3.24. The molecule has 1 aromatic heterocycles. The van der Waals surface area contributed by atoms with Crippen LogP contribution in [0.3, 0.4) is 0 Å². The van der Waals surface area contributed by atoms with E-state index in [1.807, 2.05) is 36.6 Å². The molecule has 9 nitrogen and oxygen atoms in total. The first-order chi connectivity index (χ1) is 18.2. The highest BCUT2D eigenvalue weighted by Crippen LogP contribution is 2.27. The Bertz CT molecular complexity index is 1480. The summed E-state index contributed by atoms with van der Waals surface area (Å²) in [6.45, 7) is 7.44. The van der Waals surface area contributed by atoms with Gasteiger partial charge in [0, 0.05) is 43.9 Å². The lowest BCUT2D eigenvalue weighted by Gasteiger charge is -2.34. The molecule has 1 N–H and O–H groups in total. The first kappa shape index (κ1) is 28.2. The number of aromatic nitrogens is 1. The van der Waals surface area contributed by atoms with E-state index in [0.717, 1.165) is 35.9 Å². The van der Waals surface area contributed by atoms with Crippen LogP contribution in [0.15, 0.2) is 52.4 Å². The second-order valence-corrected chi connectivity index (χ2v) is 12.1. The largest absolute Gasteiger partial charge is 0.380 e. The van der Waals surface area contributed by atoms with Gasteiger partial charge >= 0.3 is 0 Å². The van der Waals surface area contributed by atoms with Crippen LogP contribution in [-0.2, 0) is 26.1 Å². The van der Waals surface area contributed by atoms with E-state index in [4.69, 9.17) is 4.74 Å². The van der Waals surface area contributed by atoms with Crippen molar-refractivity contribution in [1.82, 2.24) is 8.87 Å². The number of nitrogens with zero attached hydrogens (tertiary/aromatic N) is 3. The van der Waals surface area contributed by atoms with Crippen LogP contribution < -0.4 is 10.1 Å². The van der Waals surface area contributed by atoms with Crippen LogP contribution in [0.1, 0.15) is 56.8 Å². The lowest BCUT2D eigenvalue weighted by Crippen LogP contribution is -2.43. The summed E-state index contributed by atoms with van der Waals surface area (Å²) in [5.74, 6) is -0.627. The van der Waals surface area contributed by atoms with Crippen molar-refractivity contribution in [3.05, 3.63) is 52.8 Å². The summed E-state index contributed by atoms with van der Waals surface area (Å²) in [5.41, 5.74) is 1.85. The molecular weight excluding hydrogens is 524 g/mol. The standard InChI is InChI=1S/C27H34N4O5S2/c1-4-22-8-6-7-15-31(22)38(34,35)23-12-9-20(10-13-23)26(33)29-27-30(16-17-36-5-2)24-14-11-21(28-19(3)32)18-25(24)37-27/h9-14,18,22H,4-8,15-17H2,1-3H3,(H,28,32). The number of rotatable bonds is 9. The van der Waals surface area contributed by atoms with Crippen molar-refractivity contribution in [1.29, 1.82) is 0 Å². The number of amides is 2. The number of piperidine rings is 1. The number of carbonyl (C=O) groups is 2. The topological polar surface area (TPSA) is 110 Å². The van der Waals surface area contributed by atoms with Gasteiger partial charge < -0.3 is 14.6 Å². The normalized spacial score (nSPS) is 17.1. The number of thiazole rings is 1. The van der Waals surface area contributed by atoms with E-state index in [-0.39, 0.29) is 16.8 Å². The molecule has 1 aliphatic rings. The maximum Gasteiger partial charge on any atom is 0.279 e. The minimum absolute atomic E-state index is 0.0105. The highest BCUT2D eigenvalue weighted by atomic mass is 32.2. The van der Waals surface area contributed by atoms with Gasteiger partial charge in [0.15, 0.2) is 4.80 Å². The molecule has 204 valence electrons. The van der Waals surface area contributed by atoms with Crippen LogP contribution in [0.25, 0.3) is 10.2 Å². The summed E-state index contributed by atoms with van der Waals surface area (Å²) in [4.78, 5) is 29.7. The van der Waals surface area contributed by atoms with Crippen LogP contribution in [0.2, 0.25) is 0 Å². The Morgan fingerprint density at radius 3 is 2.58 bits per heavy atom. The molecule has 4 rings (SSSR count). The molecule has 0 aliphatic carbocycles. The summed E-state index contributed by atoms with van der Waals surface area (Å²) >= 11 is 1.34. The molecule has 2 amide bonds. The van der Waals surface area contributed by atoms with Crippen LogP contribution >= 0.6 is 11.3 Å². The smallest absolute Gasteiger partial charge is 0.279 e. The Morgan fingerprint density at radius 2 is 1.89 bits per heavy atom. The zero-order chi connectivity index (χ0) is 27.3. The van der Waals surface area contributed by atoms with Crippen molar-refractivity contribution in [2.24, 2.45) is 4.99 Å². The molecular formula is C27H34N4O5S2. The maximum atomic E-state index is 13.3. The monoisotopic (exact) mass is 558 g/mol. The summed E-state index contributed by atoms with van der Waals surface area (Å²) in [6, 6.07) is 11.6. The van der Waals surface area contributed by atoms with Crippen LogP contribution in [0, 0.1) is 0 Å². The Morgan fingerprint density at radius 1 is 1.13 bits per heavy atom. The fourth-order valence-electron chi connectivity index (χ4n) is 4.71. The van der Waals surface area contributed by atoms with Gasteiger partial charge in [-0.3, -0.25) is 9.59 Å². The first-order valence-electron chi connectivity index (χ1n) is 12.9. The van der Waals surface area contributed by atoms with Crippen molar-refractivity contribution < 1.29 is 22.7 Å². The predicted octanol–water partition coefficient (Wildman–Crippen LogP) is 4.39. The zero-order valence-corrected chi connectivity index (χ0v) is 23.6. The molecule has 2 aromatic carbocycles. The van der Waals surface area contributed by atoms with E-state index in [1.165, 1.54) is 42.5 Å². The molecule has 1 aliphatic heterocycles. The number of carbonyl (C=O) groups excluding carboxylic acids is 2. The molecule has 11 heteroatoms. The number of nitrogens with one attached hydrogen (secondary N) is 1. The lowest BCUT2D eigenvalue weighted by molar-refractivity contribution is -0.114. The molecule has 2 heterocycles. The van der Waals surface area contributed by atoms with Crippen LogP contribution in [0.5, 0.6) is 0 Å². The Hall–Kier alpha value is -2.86. The zero-order valence-electron chi connectivity index (χ0n) is 22.0. The molecule has 3 aromatic rings. The van der Waals surface area contributed by atoms with Gasteiger partial charge in [-0.15, -0.1) is 0 Å². The summed E-state index contributed by atoms with van der Waals surface area (Å²) in [7, 11) is -3.63. The molecule has 0 spiro atoms. The number of anilines is 1. The SMILES string of the molecule is CCOCCn1c(=NC(=O)c2ccc(S(=O)(=O)N3CCCCC3CC)cc2)sc2cc(NC(C)=O)ccc21. The van der Waals surface area contributed by atoms with E-state index >= 15 is 0 Å². The van der Waals surface area contributed by atoms with E-state index in [1.54, 1.807) is 4.31 Å². The number of fused-ring (bicyclic) bond motifs is 1. The molecule has 0 radical (unpaired) electrons. The quantitative estimate of drug-likeness (QED) is 0.392. The minimum Gasteiger partial charge on any atom is -0.380 e. The third kappa shape index (κ3) is 6.23. The third-order valence-corrected chi connectivity index (χ3v) is 9.62. The van der Waals surface area contributed by atoms with Crippen molar-refractivity contribution in [3.63, 3.8) is 0 Å². The van der Waals surface area contributed by atoms with E-state index in [2.05, 4.69) is 10.3 Å². The third-order valence-electron chi connectivity index (χ3n) is 6.62. The van der Waals surface area contributed by atoms with Crippen molar-refractivity contribution >= 4 is 49.1 Å². The first-order valence-corrected chi connectivity index (χ1v) is 15.2. The number of benzene rings is 2. The van der Waals surface area contributed by atoms with Gasteiger partial charge in [-0.2, -0.15) is 9.30 Å². The van der Waals surface area contributed by atoms with E-state index in [9.17, 15) is 18.0 Å². The molecule has 1 unspecified atom stereocenters. The summed E-state index contributed by atoms with van der Waals surface area (Å²) < 4.78 is 36.5. The van der Waals surface area contributed by atoms with Crippen molar-refractivity contribution in [2.75, 3.05) is 25.1 Å². The van der Waals surface area contributed by atoms with Gasteiger partial charge in [-0.25, -0.2) is 8.42 Å². The second-order valence-electron chi connectivity index (χ2n) is 9.21. The van der Waals surface area contributed by atoms with Crippen LogP contribution in [-0.4, -0.2) is 54.9 Å². The van der Waals surface area contributed by atoms with Gasteiger partial charge in [0.25, 0.3) is 5.91 Å². The van der Waals surface area contributed by atoms with Crippen LogP contribution in [0.4, 0.5) is 5.69 Å². The van der Waals surface area contributed by atoms with E-state index < -0.39 is 15.9 Å². The predicted molar refractivity (Wildman–Crippen MR) is 149 cm³/mol. The second kappa shape index (κ2) is 12.3. The van der Waals surface area contributed by atoms with Gasteiger partial charge in [-0.1, -0.05) is 24.7 Å². The molecule has 0 saturated carbocycles. The Balaban J connectivity index is 1.64. The fraction of sp³-hybridized carbons (Fsp3) is 0.444. The fourth-order valence-corrected chi connectivity index (χ4v) is 7.57. The van der Waals surface area contributed by atoms with Gasteiger partial charge in [0.05, 0.1) is 21.7 Å². The number of ether oxygens (including phenoxy) is 1. The summed E-state index contributed by atoms with van der Waals surface area (Å²) in [6.07, 6.45) is 3.54. The summed E-state index contributed by atoms with van der Waals surface area (Å²) in [5, 5.41) is 2.78. The van der Waals surface area contributed by atoms with Crippen molar-refractivity contribution in [3.8, 4) is 0 Å². The Labute approximate surface area is 227 Å². The number of hydrogen-bond donors (Lipinski definition) is 1. The Kier molecular flexibility index (Phi) is 9.14. The number of sulfonamides is 1. The molecule has 1 atom stereocenters. The average molecular weight is 559 g/mol. The van der Waals surface area contributed by atoms with E-state index in [0.29, 0.717) is 42.4 Å². The van der Waals surface area contributed by atoms with Gasteiger partial charge in [0.1, 0.15) is 0 Å². The molecule has 1 saturated heterocycles. The molecule has 1 fully saturated rings. The number of hydrogen-bond acceptors (Lipinski definition) is 6. The molecule has 0 bridgehead atoms. The van der Waals surface area contributed by atoms with Gasteiger partial charge in [-0.05, 0) is 68.7 Å². The highest BCUT2D eigenvalue weighted by Gasteiger charge is 2.32. The maximum absolute atomic E-state index is 13.3. The minimum atomic E-state index is -3.63. The lowest BCUT2D eigenvalue weighted by atomic mass is 10.0. The van der Waals surface area contributed by atoms with Crippen molar-refractivity contribution in [2.45, 2.75) is 63.9 Å². The molecule has 38 heavy (non-hydrogen) atoms. The van der Waals surface area contributed by atoms with Gasteiger partial charge in [0.2, 0.25) is 15.9 Å².